The summed E-state index contributed by atoms with van der Waals surface area (Å²) in [5, 5.41) is 5.22. The Balaban J connectivity index is 1.92. The van der Waals surface area contributed by atoms with Crippen molar-refractivity contribution >= 4 is 17.4 Å². The molecule has 1 heterocycles. The van der Waals surface area contributed by atoms with E-state index in [1.807, 2.05) is 30.3 Å². The smallest absolute Gasteiger partial charge is 0.377 e. The van der Waals surface area contributed by atoms with Crippen LogP contribution in [-0.2, 0) is 22.7 Å². The fraction of sp³-hybridized carbons (Fsp3) is 0.269. The largest absolute Gasteiger partial charge is 0.452 e. The highest BCUT2D eigenvalue weighted by molar-refractivity contribution is 5.93. The second kappa shape index (κ2) is 11.0. The normalized spacial score (nSPS) is 12.3. The predicted molar refractivity (Wildman–Crippen MR) is 128 cm³/mol. The summed E-state index contributed by atoms with van der Waals surface area (Å²) in [6.45, 7) is 2.62. The maximum Gasteiger partial charge on any atom is 0.452 e. The molecular formula is C26H26F3N3O3. The first-order chi connectivity index (χ1) is 16.6. The number of nitrogens with one attached hydrogen (secondary N) is 2. The van der Waals surface area contributed by atoms with Crippen LogP contribution in [0.3, 0.4) is 0 Å². The van der Waals surface area contributed by atoms with Gasteiger partial charge in [0.05, 0.1) is 11.7 Å². The molecule has 0 fully saturated rings. The van der Waals surface area contributed by atoms with Gasteiger partial charge in [-0.1, -0.05) is 74.5 Å². The van der Waals surface area contributed by atoms with Gasteiger partial charge in [-0.15, -0.1) is 0 Å². The number of nitrogens with zero attached hydrogens (tertiary/aromatic N) is 1. The lowest BCUT2D eigenvalue weighted by Crippen LogP contribution is -2.50. The first-order valence-electron chi connectivity index (χ1n) is 11.1. The van der Waals surface area contributed by atoms with Crippen molar-refractivity contribution in [2.75, 3.05) is 5.32 Å². The lowest BCUT2D eigenvalue weighted by molar-refractivity contribution is -0.174. The molecule has 0 saturated heterocycles. The third-order valence-corrected chi connectivity index (χ3v) is 5.42. The average Bonchev–Trinajstić information content (AvgIpc) is 2.83. The second-order valence-corrected chi connectivity index (χ2v) is 8.38. The van der Waals surface area contributed by atoms with Gasteiger partial charge in [-0.3, -0.25) is 19.0 Å². The fourth-order valence-electron chi connectivity index (χ4n) is 3.60. The number of carbonyl (C=O) groups excluding carboxylic acids is 2. The van der Waals surface area contributed by atoms with Crippen LogP contribution in [0.25, 0.3) is 11.3 Å². The highest BCUT2D eigenvalue weighted by Gasteiger charge is 2.45. The molecule has 2 aromatic carbocycles. The minimum Gasteiger partial charge on any atom is -0.377 e. The number of pyridine rings is 1. The van der Waals surface area contributed by atoms with Gasteiger partial charge in [0.25, 0.3) is 11.3 Å². The van der Waals surface area contributed by atoms with E-state index >= 15 is 0 Å². The second-order valence-electron chi connectivity index (χ2n) is 8.38. The van der Waals surface area contributed by atoms with Crippen molar-refractivity contribution in [2.24, 2.45) is 5.92 Å². The molecule has 1 unspecified atom stereocenters. The highest BCUT2D eigenvalue weighted by atomic mass is 19.4. The molecular weight excluding hydrogens is 459 g/mol. The third kappa shape index (κ3) is 6.59. The van der Waals surface area contributed by atoms with E-state index in [1.54, 1.807) is 42.5 Å². The number of hydrogen-bond acceptors (Lipinski definition) is 4. The van der Waals surface area contributed by atoms with E-state index in [-0.39, 0.29) is 5.69 Å². The fourth-order valence-corrected chi connectivity index (χ4v) is 3.60. The van der Waals surface area contributed by atoms with Gasteiger partial charge in [0.2, 0.25) is 5.91 Å². The molecule has 2 N–H and O–H groups in total. The van der Waals surface area contributed by atoms with Crippen molar-refractivity contribution in [3.63, 3.8) is 0 Å². The van der Waals surface area contributed by atoms with E-state index in [0.717, 1.165) is 5.56 Å². The predicted octanol–water partition coefficient (Wildman–Crippen LogP) is 4.40. The van der Waals surface area contributed by atoms with Crippen LogP contribution < -0.4 is 16.2 Å². The zero-order valence-electron chi connectivity index (χ0n) is 19.3. The molecule has 0 bridgehead atoms. The summed E-state index contributed by atoms with van der Waals surface area (Å²) in [5.41, 5.74) is 1.72. The van der Waals surface area contributed by atoms with Crippen molar-refractivity contribution in [3.05, 3.63) is 88.7 Å². The topological polar surface area (TPSA) is 80.2 Å². The number of ketones is 1. The molecule has 0 aliphatic heterocycles. The number of hydrogen-bond donors (Lipinski definition) is 2. The van der Waals surface area contributed by atoms with Crippen LogP contribution in [0.2, 0.25) is 0 Å². The van der Waals surface area contributed by atoms with Gasteiger partial charge in [0.1, 0.15) is 12.2 Å². The van der Waals surface area contributed by atoms with Crippen LogP contribution in [0, 0.1) is 5.92 Å². The Bertz CT molecular complexity index is 1220. The van der Waals surface area contributed by atoms with Gasteiger partial charge >= 0.3 is 6.18 Å². The van der Waals surface area contributed by atoms with Crippen LogP contribution in [0.5, 0.6) is 0 Å². The van der Waals surface area contributed by atoms with E-state index in [4.69, 9.17) is 0 Å². The number of rotatable bonds is 9. The maximum absolute atomic E-state index is 13.3. The Morgan fingerprint density at radius 3 is 2.09 bits per heavy atom. The Hall–Kier alpha value is -3.88. The maximum atomic E-state index is 13.3. The van der Waals surface area contributed by atoms with E-state index in [0.29, 0.717) is 17.8 Å². The van der Waals surface area contributed by atoms with Gasteiger partial charge < -0.3 is 10.6 Å². The first-order valence-corrected chi connectivity index (χ1v) is 11.1. The summed E-state index contributed by atoms with van der Waals surface area (Å²) < 4.78 is 40.2. The Labute approximate surface area is 200 Å². The average molecular weight is 486 g/mol. The summed E-state index contributed by atoms with van der Waals surface area (Å²) in [7, 11) is 0. The lowest BCUT2D eigenvalue weighted by atomic mass is 9.99. The van der Waals surface area contributed by atoms with Crippen LogP contribution in [0.4, 0.5) is 18.9 Å². The Morgan fingerprint density at radius 1 is 0.914 bits per heavy atom. The molecule has 3 aromatic rings. The zero-order chi connectivity index (χ0) is 25.6. The molecule has 0 aliphatic rings. The van der Waals surface area contributed by atoms with Crippen molar-refractivity contribution in [1.29, 1.82) is 0 Å². The highest BCUT2D eigenvalue weighted by Crippen LogP contribution is 2.22. The SMILES string of the molecule is CC(C)C(NC(=O)Cn1c(-c2ccccc2)ccc(NCc2ccccc2)c1=O)C(=O)C(F)(F)F. The first kappa shape index (κ1) is 25.7. The summed E-state index contributed by atoms with van der Waals surface area (Å²) in [4.78, 5) is 37.9. The molecule has 1 atom stereocenters. The molecule has 1 amide bonds. The quantitative estimate of drug-likeness (QED) is 0.471. The molecule has 6 nitrogen and oxygen atoms in total. The summed E-state index contributed by atoms with van der Waals surface area (Å²) in [5.74, 6) is -3.70. The Morgan fingerprint density at radius 2 is 1.51 bits per heavy atom. The molecule has 0 aliphatic carbocycles. The van der Waals surface area contributed by atoms with Crippen LogP contribution in [0.1, 0.15) is 19.4 Å². The van der Waals surface area contributed by atoms with E-state index in [2.05, 4.69) is 10.6 Å². The number of aromatic nitrogens is 1. The molecule has 3 rings (SSSR count). The summed E-state index contributed by atoms with van der Waals surface area (Å²) in [6.07, 6.45) is -5.09. The van der Waals surface area contributed by atoms with Gasteiger partial charge in [-0.2, -0.15) is 13.2 Å². The monoisotopic (exact) mass is 485 g/mol. The number of alkyl halides is 3. The number of carbonyl (C=O) groups is 2. The van der Waals surface area contributed by atoms with Crippen LogP contribution >= 0.6 is 0 Å². The minimum atomic E-state index is -5.09. The van der Waals surface area contributed by atoms with Crippen molar-refractivity contribution in [1.82, 2.24) is 9.88 Å². The zero-order valence-corrected chi connectivity index (χ0v) is 19.3. The van der Waals surface area contributed by atoms with Crippen molar-refractivity contribution in [2.45, 2.75) is 39.2 Å². The van der Waals surface area contributed by atoms with Gasteiger partial charge in [-0.05, 0) is 29.2 Å². The summed E-state index contributed by atoms with van der Waals surface area (Å²) >= 11 is 0. The lowest BCUT2D eigenvalue weighted by Gasteiger charge is -2.23. The standard InChI is InChI=1S/C26H26F3N3O3/c1-17(2)23(24(34)26(27,28)29)31-22(33)16-32-21(19-11-7-4-8-12-19)14-13-20(25(32)35)30-15-18-9-5-3-6-10-18/h3-14,17,23,30H,15-16H2,1-2H3,(H,31,33). The van der Waals surface area contributed by atoms with Crippen molar-refractivity contribution in [3.8, 4) is 11.3 Å². The van der Waals surface area contributed by atoms with E-state index in [1.165, 1.54) is 18.4 Å². The van der Waals surface area contributed by atoms with E-state index in [9.17, 15) is 27.6 Å². The molecule has 0 radical (unpaired) electrons. The summed E-state index contributed by atoms with van der Waals surface area (Å²) in [6, 6.07) is 19.7. The molecule has 9 heteroatoms. The number of benzene rings is 2. The molecule has 1 aromatic heterocycles. The number of anilines is 1. The minimum absolute atomic E-state index is 0.230. The molecule has 184 valence electrons. The van der Waals surface area contributed by atoms with Gasteiger partial charge in [0, 0.05) is 6.54 Å². The van der Waals surface area contributed by atoms with Crippen LogP contribution in [0.15, 0.2) is 77.6 Å². The van der Waals surface area contributed by atoms with Gasteiger partial charge in [-0.25, -0.2) is 0 Å². The Kier molecular flexibility index (Phi) is 8.11. The number of amides is 1. The van der Waals surface area contributed by atoms with Crippen LogP contribution in [-0.4, -0.2) is 28.5 Å². The van der Waals surface area contributed by atoms with Gasteiger partial charge in [0.15, 0.2) is 0 Å². The molecule has 0 spiro atoms. The molecule has 0 saturated carbocycles. The van der Waals surface area contributed by atoms with E-state index < -0.39 is 41.9 Å². The number of halogens is 3. The van der Waals surface area contributed by atoms with Crippen molar-refractivity contribution < 1.29 is 22.8 Å². The molecule has 35 heavy (non-hydrogen) atoms. The number of Topliss-reactive ketones (excluding diaryl/α,β-unsaturated/α-hetero) is 1. The third-order valence-electron chi connectivity index (χ3n) is 5.42.